The summed E-state index contributed by atoms with van der Waals surface area (Å²) >= 11 is 0. The van der Waals surface area contributed by atoms with Crippen LogP contribution < -0.4 is 0 Å². The lowest BCUT2D eigenvalue weighted by Gasteiger charge is -1.97. The van der Waals surface area contributed by atoms with Crippen LogP contribution in [-0.2, 0) is 11.2 Å². The second-order valence-corrected chi connectivity index (χ2v) is 4.70. The molecule has 3 heteroatoms. The molecule has 0 N–H and O–H groups in total. The Hall–Kier alpha value is -1.64. The first kappa shape index (κ1) is 10.5. The van der Waals surface area contributed by atoms with E-state index >= 15 is 0 Å². The predicted octanol–water partition coefficient (Wildman–Crippen LogP) is 3.08. The molecule has 1 aromatic carbocycles. The van der Waals surface area contributed by atoms with Crippen LogP contribution in [-0.4, -0.2) is 11.3 Å². The molecule has 0 unspecified atom stereocenters. The lowest BCUT2D eigenvalue weighted by molar-refractivity contribution is -0.108. The maximum absolute atomic E-state index is 10.7. The fourth-order valence-corrected chi connectivity index (χ4v) is 2.35. The van der Waals surface area contributed by atoms with Gasteiger partial charge < -0.3 is 9.21 Å². The summed E-state index contributed by atoms with van der Waals surface area (Å²) in [7, 11) is 0. The van der Waals surface area contributed by atoms with Crippen molar-refractivity contribution in [1.29, 1.82) is 0 Å². The van der Waals surface area contributed by atoms with Crippen LogP contribution in [0, 0.1) is 5.92 Å². The Morgan fingerprint density at radius 3 is 3.12 bits per heavy atom. The molecule has 0 bridgehead atoms. The minimum Gasteiger partial charge on any atom is -0.440 e. The number of benzene rings is 1. The molecule has 0 radical (unpaired) electrons. The van der Waals surface area contributed by atoms with E-state index in [1.54, 1.807) is 0 Å². The van der Waals surface area contributed by atoms with Crippen LogP contribution in [0.25, 0.3) is 11.1 Å². The van der Waals surface area contributed by atoms with E-state index in [1.807, 2.05) is 12.1 Å². The number of para-hydroxylation sites is 1. The summed E-state index contributed by atoms with van der Waals surface area (Å²) in [5, 5.41) is 0. The Kier molecular flexibility index (Phi) is 2.46. The zero-order valence-electron chi connectivity index (χ0n) is 9.85. The summed E-state index contributed by atoms with van der Waals surface area (Å²) < 4.78 is 5.81. The fourth-order valence-electron chi connectivity index (χ4n) is 2.35. The second-order valence-electron chi connectivity index (χ2n) is 4.70. The van der Waals surface area contributed by atoms with E-state index in [0.717, 1.165) is 48.1 Å². The molecule has 1 saturated carbocycles. The zero-order valence-corrected chi connectivity index (χ0v) is 9.85. The number of aromatic nitrogens is 1. The van der Waals surface area contributed by atoms with Crippen LogP contribution in [0.4, 0.5) is 0 Å². The molecule has 2 aromatic rings. The molecule has 0 saturated heterocycles. The number of carbonyl (C=O) groups excluding carboxylic acids is 1. The monoisotopic (exact) mass is 229 g/mol. The quantitative estimate of drug-likeness (QED) is 0.757. The molecule has 1 heterocycles. The third-order valence-electron chi connectivity index (χ3n) is 3.37. The van der Waals surface area contributed by atoms with Crippen LogP contribution in [0.15, 0.2) is 22.6 Å². The Bertz CT molecular complexity index is 558. The summed E-state index contributed by atoms with van der Waals surface area (Å²) in [4.78, 5) is 15.2. The van der Waals surface area contributed by atoms with E-state index in [2.05, 4.69) is 18.0 Å². The van der Waals surface area contributed by atoms with Crippen LogP contribution in [0.2, 0.25) is 0 Å². The van der Waals surface area contributed by atoms with Crippen molar-refractivity contribution >= 4 is 17.4 Å². The maximum Gasteiger partial charge on any atom is 0.195 e. The van der Waals surface area contributed by atoms with Gasteiger partial charge in [0.15, 0.2) is 11.5 Å². The highest BCUT2D eigenvalue weighted by Crippen LogP contribution is 2.48. The van der Waals surface area contributed by atoms with Gasteiger partial charge in [-0.05, 0) is 24.8 Å². The largest absolute Gasteiger partial charge is 0.440 e. The second kappa shape index (κ2) is 3.99. The highest BCUT2D eigenvalue weighted by molar-refractivity contribution is 5.79. The number of nitrogens with zero attached hydrogens (tertiary/aromatic N) is 1. The number of rotatable bonds is 4. The van der Waals surface area contributed by atoms with Crippen LogP contribution in [0.1, 0.15) is 37.1 Å². The lowest BCUT2D eigenvalue weighted by atomic mass is 10.1. The van der Waals surface area contributed by atoms with Crippen LogP contribution in [0.5, 0.6) is 0 Å². The molecule has 3 rings (SSSR count). The van der Waals surface area contributed by atoms with Gasteiger partial charge >= 0.3 is 0 Å². The Morgan fingerprint density at radius 1 is 1.53 bits per heavy atom. The lowest BCUT2D eigenvalue weighted by Crippen LogP contribution is -1.85. The molecular weight excluding hydrogens is 214 g/mol. The molecule has 0 spiro atoms. The third kappa shape index (κ3) is 1.75. The molecule has 0 aliphatic heterocycles. The van der Waals surface area contributed by atoms with Crippen molar-refractivity contribution in [2.75, 3.05) is 0 Å². The number of aldehydes is 1. The number of fused-ring (bicyclic) bond motifs is 1. The smallest absolute Gasteiger partial charge is 0.195 e. The summed E-state index contributed by atoms with van der Waals surface area (Å²) in [6.07, 6.45) is 3.90. The Balaban J connectivity index is 2.03. The van der Waals surface area contributed by atoms with E-state index < -0.39 is 0 Å². The van der Waals surface area contributed by atoms with Crippen LogP contribution >= 0.6 is 0 Å². The van der Waals surface area contributed by atoms with Crippen molar-refractivity contribution in [3.8, 4) is 0 Å². The number of carbonyl (C=O) groups is 1. The Labute approximate surface area is 99.8 Å². The Morgan fingerprint density at radius 2 is 2.41 bits per heavy atom. The number of oxazole rings is 1. The van der Waals surface area contributed by atoms with E-state index in [9.17, 15) is 4.79 Å². The van der Waals surface area contributed by atoms with E-state index in [-0.39, 0.29) is 5.92 Å². The first-order chi connectivity index (χ1) is 8.33. The molecular formula is C14H15NO2. The first-order valence-electron chi connectivity index (χ1n) is 6.17. The minimum atomic E-state index is 0.181. The molecule has 17 heavy (non-hydrogen) atoms. The van der Waals surface area contributed by atoms with Gasteiger partial charge in [0.25, 0.3) is 0 Å². The van der Waals surface area contributed by atoms with Crippen molar-refractivity contribution in [2.24, 2.45) is 5.92 Å². The van der Waals surface area contributed by atoms with Gasteiger partial charge in [0, 0.05) is 17.9 Å². The molecule has 0 amide bonds. The average molecular weight is 229 g/mol. The first-order valence-corrected chi connectivity index (χ1v) is 6.17. The molecule has 1 aliphatic carbocycles. The SMILES string of the molecule is CCCc1nc2cccc([C@@H]3C[C@H]3C=O)c2o1. The van der Waals surface area contributed by atoms with Gasteiger partial charge in [0.1, 0.15) is 11.8 Å². The van der Waals surface area contributed by atoms with Gasteiger partial charge in [0.2, 0.25) is 0 Å². The zero-order chi connectivity index (χ0) is 11.8. The van der Waals surface area contributed by atoms with Crippen molar-refractivity contribution in [1.82, 2.24) is 4.98 Å². The molecule has 1 aromatic heterocycles. The summed E-state index contributed by atoms with van der Waals surface area (Å²) in [5.74, 6) is 1.33. The standard InChI is InChI=1S/C14H15NO2/c1-2-4-13-15-12-6-3-5-10(14(12)17-13)11-7-9(11)8-16/h3,5-6,8-9,11H,2,4,7H2,1H3/t9-,11+/m0/s1. The molecule has 1 aliphatic rings. The minimum absolute atomic E-state index is 0.181. The number of aryl methyl sites for hydroxylation is 1. The van der Waals surface area contributed by atoms with Gasteiger partial charge in [-0.2, -0.15) is 0 Å². The molecule has 2 atom stereocenters. The van der Waals surface area contributed by atoms with Gasteiger partial charge in [-0.25, -0.2) is 4.98 Å². The highest BCUT2D eigenvalue weighted by Gasteiger charge is 2.39. The number of hydrogen-bond donors (Lipinski definition) is 0. The highest BCUT2D eigenvalue weighted by atomic mass is 16.3. The third-order valence-corrected chi connectivity index (χ3v) is 3.37. The predicted molar refractivity (Wildman–Crippen MR) is 64.9 cm³/mol. The van der Waals surface area contributed by atoms with E-state index in [4.69, 9.17) is 4.42 Å². The van der Waals surface area contributed by atoms with Gasteiger partial charge in [0.05, 0.1) is 0 Å². The summed E-state index contributed by atoms with van der Waals surface area (Å²) in [5.41, 5.74) is 2.95. The number of hydrogen-bond acceptors (Lipinski definition) is 3. The average Bonchev–Trinajstić information content (AvgIpc) is 3.00. The van der Waals surface area contributed by atoms with Crippen LogP contribution in [0.3, 0.4) is 0 Å². The van der Waals surface area contributed by atoms with Crippen molar-refractivity contribution in [2.45, 2.75) is 32.1 Å². The normalized spacial score (nSPS) is 22.9. The molecule has 3 nitrogen and oxygen atoms in total. The van der Waals surface area contributed by atoms with Gasteiger partial charge in [-0.1, -0.05) is 19.1 Å². The summed E-state index contributed by atoms with van der Waals surface area (Å²) in [6.45, 7) is 2.11. The van der Waals surface area contributed by atoms with Crippen molar-refractivity contribution < 1.29 is 9.21 Å². The van der Waals surface area contributed by atoms with E-state index in [1.165, 1.54) is 0 Å². The fraction of sp³-hybridized carbons (Fsp3) is 0.429. The van der Waals surface area contributed by atoms with E-state index in [0.29, 0.717) is 5.92 Å². The topological polar surface area (TPSA) is 43.1 Å². The van der Waals surface area contributed by atoms with Gasteiger partial charge in [-0.15, -0.1) is 0 Å². The van der Waals surface area contributed by atoms with Crippen molar-refractivity contribution in [3.63, 3.8) is 0 Å². The maximum atomic E-state index is 10.7. The van der Waals surface area contributed by atoms with Gasteiger partial charge in [-0.3, -0.25) is 0 Å². The van der Waals surface area contributed by atoms with Crippen molar-refractivity contribution in [3.05, 3.63) is 29.7 Å². The molecule has 88 valence electrons. The molecule has 1 fully saturated rings. The summed E-state index contributed by atoms with van der Waals surface area (Å²) in [6, 6.07) is 6.02.